The molecule has 0 fully saturated rings. The number of nitrogens with one attached hydrogen (secondary N) is 1. The summed E-state index contributed by atoms with van der Waals surface area (Å²) in [5, 5.41) is 3.48. The van der Waals surface area contributed by atoms with Crippen molar-refractivity contribution in [3.05, 3.63) is 132 Å². The summed E-state index contributed by atoms with van der Waals surface area (Å²) in [5.41, 5.74) is 7.00. The lowest BCUT2D eigenvalue weighted by molar-refractivity contribution is 1.05. The summed E-state index contributed by atoms with van der Waals surface area (Å²) in [6.07, 6.45) is 15.5. The zero-order valence-electron chi connectivity index (χ0n) is 15.7. The summed E-state index contributed by atoms with van der Waals surface area (Å²) in [6, 6.07) is 20.9. The van der Waals surface area contributed by atoms with Crippen LogP contribution < -0.4 is 5.32 Å². The van der Waals surface area contributed by atoms with E-state index in [1.807, 2.05) is 18.2 Å². The molecule has 2 aromatic rings. The number of hydrogen-bond donors (Lipinski definition) is 1. The zero-order chi connectivity index (χ0) is 18.9. The second kappa shape index (κ2) is 9.40. The van der Waals surface area contributed by atoms with Gasteiger partial charge in [-0.05, 0) is 59.9 Å². The summed E-state index contributed by atoms with van der Waals surface area (Å²) < 4.78 is 0. The van der Waals surface area contributed by atoms with E-state index in [0.29, 0.717) is 0 Å². The van der Waals surface area contributed by atoms with Gasteiger partial charge in [-0.2, -0.15) is 0 Å². The van der Waals surface area contributed by atoms with Gasteiger partial charge in [0.2, 0.25) is 0 Å². The van der Waals surface area contributed by atoms with Crippen molar-refractivity contribution in [3.63, 3.8) is 0 Å². The van der Waals surface area contributed by atoms with Crippen molar-refractivity contribution in [2.75, 3.05) is 0 Å². The van der Waals surface area contributed by atoms with Crippen molar-refractivity contribution in [1.29, 1.82) is 0 Å². The van der Waals surface area contributed by atoms with Crippen LogP contribution in [0.25, 0.3) is 11.1 Å². The highest BCUT2D eigenvalue weighted by Gasteiger charge is 2.04. The first kappa shape index (κ1) is 18.5. The smallest absolute Gasteiger partial charge is 0.0387 e. The third kappa shape index (κ3) is 5.32. The van der Waals surface area contributed by atoms with Crippen LogP contribution >= 0.6 is 0 Å². The molecule has 27 heavy (non-hydrogen) atoms. The first-order valence-electron chi connectivity index (χ1n) is 9.22. The van der Waals surface area contributed by atoms with E-state index in [1.165, 1.54) is 22.3 Å². The molecule has 0 aromatic heterocycles. The van der Waals surface area contributed by atoms with Crippen LogP contribution in [0.3, 0.4) is 0 Å². The van der Waals surface area contributed by atoms with Gasteiger partial charge in [0.25, 0.3) is 0 Å². The molecule has 0 saturated heterocycles. The predicted molar refractivity (Wildman–Crippen MR) is 118 cm³/mol. The highest BCUT2D eigenvalue weighted by molar-refractivity contribution is 5.70. The van der Waals surface area contributed by atoms with Gasteiger partial charge in [-0.3, -0.25) is 0 Å². The molecule has 0 saturated carbocycles. The van der Waals surface area contributed by atoms with Gasteiger partial charge in [0.1, 0.15) is 0 Å². The Balaban J connectivity index is 1.80. The minimum absolute atomic E-state index is 0.922. The van der Waals surface area contributed by atoms with Crippen molar-refractivity contribution in [2.24, 2.45) is 0 Å². The van der Waals surface area contributed by atoms with Gasteiger partial charge in [-0.1, -0.05) is 85.5 Å². The third-order valence-electron chi connectivity index (χ3n) is 4.47. The molecule has 0 spiro atoms. The Kier molecular flexibility index (Phi) is 6.43. The SMILES string of the molecule is C=C/C(=C\C=C(/C)c1ccccc1)NC1=CC=CCC(c2ccccc2)=C1. The Morgan fingerprint density at radius 3 is 2.37 bits per heavy atom. The summed E-state index contributed by atoms with van der Waals surface area (Å²) in [5.74, 6) is 0. The van der Waals surface area contributed by atoms with Crippen molar-refractivity contribution < 1.29 is 0 Å². The lowest BCUT2D eigenvalue weighted by Gasteiger charge is -2.10. The first-order valence-corrected chi connectivity index (χ1v) is 9.22. The van der Waals surface area contributed by atoms with E-state index in [2.05, 4.69) is 104 Å². The van der Waals surface area contributed by atoms with Crippen LogP contribution in [0.5, 0.6) is 0 Å². The molecule has 0 heterocycles. The monoisotopic (exact) mass is 351 g/mol. The highest BCUT2D eigenvalue weighted by Crippen LogP contribution is 2.22. The van der Waals surface area contributed by atoms with Crippen LogP contribution in [-0.2, 0) is 0 Å². The van der Waals surface area contributed by atoms with Crippen molar-refractivity contribution >= 4 is 11.1 Å². The Morgan fingerprint density at radius 1 is 0.963 bits per heavy atom. The van der Waals surface area contributed by atoms with Crippen molar-refractivity contribution in [1.82, 2.24) is 5.32 Å². The van der Waals surface area contributed by atoms with Gasteiger partial charge in [-0.25, -0.2) is 0 Å². The predicted octanol–water partition coefficient (Wildman–Crippen LogP) is 6.68. The Morgan fingerprint density at radius 2 is 1.67 bits per heavy atom. The highest BCUT2D eigenvalue weighted by atomic mass is 14.9. The van der Waals surface area contributed by atoms with E-state index in [-0.39, 0.29) is 0 Å². The largest absolute Gasteiger partial charge is 0.356 e. The average Bonchev–Trinajstić information content (AvgIpc) is 2.97. The maximum absolute atomic E-state index is 3.95. The van der Waals surface area contributed by atoms with Gasteiger partial charge < -0.3 is 5.32 Å². The molecule has 0 atom stereocenters. The summed E-state index contributed by atoms with van der Waals surface area (Å²) >= 11 is 0. The maximum Gasteiger partial charge on any atom is 0.0387 e. The molecular formula is C26H25N. The lowest BCUT2D eigenvalue weighted by atomic mass is 10.0. The Hall–Kier alpha value is -3.32. The number of allylic oxidation sites excluding steroid dienone is 9. The van der Waals surface area contributed by atoms with Gasteiger partial charge >= 0.3 is 0 Å². The van der Waals surface area contributed by atoms with Crippen LogP contribution in [-0.4, -0.2) is 0 Å². The molecule has 0 radical (unpaired) electrons. The van der Waals surface area contributed by atoms with Crippen LogP contribution in [0.15, 0.2) is 121 Å². The molecule has 134 valence electrons. The fourth-order valence-electron chi connectivity index (χ4n) is 2.93. The minimum atomic E-state index is 0.922. The molecular weight excluding hydrogens is 326 g/mol. The van der Waals surface area contributed by atoms with Crippen molar-refractivity contribution in [2.45, 2.75) is 13.3 Å². The fraction of sp³-hybridized carbons (Fsp3) is 0.0769. The normalized spacial score (nSPS) is 14.9. The standard InChI is InChI=1S/C26H25N/c1-3-25(19-18-21(2)22-12-6-4-7-13-22)27-26-17-11-10-16-24(20-26)23-14-8-5-9-15-23/h3-15,17-20,27H,1,16H2,2H3/b21-18+,25-19+. The number of rotatable bonds is 6. The first-order chi connectivity index (χ1) is 13.3. The quantitative estimate of drug-likeness (QED) is 0.573. The van der Waals surface area contributed by atoms with E-state index in [0.717, 1.165) is 17.8 Å². The molecule has 0 amide bonds. The van der Waals surface area contributed by atoms with Crippen LogP contribution in [0.4, 0.5) is 0 Å². The minimum Gasteiger partial charge on any atom is -0.356 e. The van der Waals surface area contributed by atoms with E-state index in [9.17, 15) is 0 Å². The Labute approximate surface area is 162 Å². The van der Waals surface area contributed by atoms with E-state index in [1.54, 1.807) is 0 Å². The van der Waals surface area contributed by atoms with E-state index in [4.69, 9.17) is 0 Å². The third-order valence-corrected chi connectivity index (χ3v) is 4.47. The molecule has 3 rings (SSSR count). The van der Waals surface area contributed by atoms with Gasteiger partial charge in [-0.15, -0.1) is 0 Å². The van der Waals surface area contributed by atoms with Gasteiger partial charge in [0.05, 0.1) is 0 Å². The summed E-state index contributed by atoms with van der Waals surface area (Å²) in [7, 11) is 0. The van der Waals surface area contributed by atoms with Crippen LogP contribution in [0, 0.1) is 0 Å². The zero-order valence-corrected chi connectivity index (χ0v) is 15.7. The second-order valence-corrected chi connectivity index (χ2v) is 6.46. The molecule has 1 heteroatoms. The van der Waals surface area contributed by atoms with Gasteiger partial charge in [0, 0.05) is 11.4 Å². The number of benzene rings is 2. The molecule has 1 aliphatic rings. The Bertz CT molecular complexity index is 923. The topological polar surface area (TPSA) is 12.0 Å². The molecule has 0 unspecified atom stereocenters. The van der Waals surface area contributed by atoms with Crippen LogP contribution in [0.2, 0.25) is 0 Å². The molecule has 0 bridgehead atoms. The fourth-order valence-corrected chi connectivity index (χ4v) is 2.93. The van der Waals surface area contributed by atoms with Crippen molar-refractivity contribution in [3.8, 4) is 0 Å². The van der Waals surface area contributed by atoms with Gasteiger partial charge in [0.15, 0.2) is 0 Å². The molecule has 2 aromatic carbocycles. The molecule has 1 aliphatic carbocycles. The molecule has 0 aliphatic heterocycles. The molecule has 1 N–H and O–H groups in total. The summed E-state index contributed by atoms with van der Waals surface area (Å²) in [6.45, 7) is 6.07. The number of hydrogen-bond acceptors (Lipinski definition) is 1. The lowest BCUT2D eigenvalue weighted by Crippen LogP contribution is -2.09. The van der Waals surface area contributed by atoms with E-state index < -0.39 is 0 Å². The van der Waals surface area contributed by atoms with Crippen LogP contribution in [0.1, 0.15) is 24.5 Å². The van der Waals surface area contributed by atoms with E-state index >= 15 is 0 Å². The molecule has 1 nitrogen and oxygen atoms in total. The average molecular weight is 351 g/mol. The summed E-state index contributed by atoms with van der Waals surface area (Å²) in [4.78, 5) is 0. The second-order valence-electron chi connectivity index (χ2n) is 6.46. The maximum atomic E-state index is 3.95.